The predicted octanol–water partition coefficient (Wildman–Crippen LogP) is 6.24. The topological polar surface area (TPSA) is 118 Å². The minimum Gasteiger partial charge on any atom is -0.380 e. The molecule has 1 fully saturated rings. The van der Waals surface area contributed by atoms with Gasteiger partial charge in [-0.05, 0) is 43.2 Å². The van der Waals surface area contributed by atoms with Crippen LogP contribution in [-0.4, -0.2) is 40.4 Å². The van der Waals surface area contributed by atoms with Crippen molar-refractivity contribution in [1.82, 2.24) is 18.9 Å². The molecule has 0 amide bonds. The molecule has 0 spiro atoms. The third kappa shape index (κ3) is 4.91. The molecule has 196 valence electrons. The van der Waals surface area contributed by atoms with Gasteiger partial charge in [-0.1, -0.05) is 67.1 Å². The summed E-state index contributed by atoms with van der Waals surface area (Å²) in [5.41, 5.74) is 11.1. The maximum atomic E-state index is 13.0. The van der Waals surface area contributed by atoms with Gasteiger partial charge < -0.3 is 5.73 Å². The second-order valence-corrected chi connectivity index (χ2v) is 11.3. The average molecular weight is 538 g/mol. The van der Waals surface area contributed by atoms with Gasteiger partial charge in [0.05, 0.1) is 22.0 Å². The summed E-state index contributed by atoms with van der Waals surface area (Å²) in [6, 6.07) is 28.2. The molecule has 0 unspecified atom stereocenters. The van der Waals surface area contributed by atoms with Gasteiger partial charge in [0.25, 0.3) is 0 Å². The van der Waals surface area contributed by atoms with Crippen molar-refractivity contribution in [3.05, 3.63) is 91.0 Å². The van der Waals surface area contributed by atoms with Crippen LogP contribution in [0.2, 0.25) is 0 Å². The first kappa shape index (κ1) is 24.9. The second-order valence-electron chi connectivity index (χ2n) is 9.39. The Bertz CT molecular complexity index is 1750. The van der Waals surface area contributed by atoms with Crippen molar-refractivity contribution in [2.45, 2.75) is 24.2 Å². The Morgan fingerprint density at radius 3 is 2.08 bits per heavy atom. The van der Waals surface area contributed by atoms with Crippen molar-refractivity contribution in [2.24, 2.45) is 10.2 Å². The minimum atomic E-state index is -3.52. The molecule has 0 saturated carbocycles. The molecule has 2 N–H and O–H groups in total. The molecule has 0 bridgehead atoms. The molecule has 2 aromatic heterocycles. The first-order chi connectivity index (χ1) is 19.0. The van der Waals surface area contributed by atoms with Crippen molar-refractivity contribution in [2.75, 3.05) is 18.8 Å². The van der Waals surface area contributed by atoms with E-state index in [2.05, 4.69) is 15.3 Å². The van der Waals surface area contributed by atoms with Gasteiger partial charge in [-0.25, -0.2) is 17.9 Å². The Balaban J connectivity index is 1.38. The Labute approximate surface area is 226 Å². The lowest BCUT2D eigenvalue weighted by molar-refractivity contribution is 0.346. The summed E-state index contributed by atoms with van der Waals surface area (Å²) in [5, 5.41) is 13.3. The molecule has 1 aliphatic rings. The van der Waals surface area contributed by atoms with Gasteiger partial charge in [0.15, 0.2) is 17.2 Å². The van der Waals surface area contributed by atoms with E-state index in [0.717, 1.165) is 41.8 Å². The van der Waals surface area contributed by atoms with Crippen LogP contribution in [0.15, 0.2) is 106 Å². The Hall–Kier alpha value is -4.41. The lowest BCUT2D eigenvalue weighted by Gasteiger charge is -2.25. The van der Waals surface area contributed by atoms with E-state index < -0.39 is 10.0 Å². The van der Waals surface area contributed by atoms with Gasteiger partial charge in [-0.3, -0.25) is 0 Å². The summed E-state index contributed by atoms with van der Waals surface area (Å²) >= 11 is 0. The normalized spacial score (nSPS) is 14.8. The predicted molar refractivity (Wildman–Crippen MR) is 151 cm³/mol. The van der Waals surface area contributed by atoms with Crippen molar-refractivity contribution in [3.63, 3.8) is 0 Å². The molecule has 3 aromatic carbocycles. The van der Waals surface area contributed by atoms with E-state index in [1.165, 1.54) is 0 Å². The van der Waals surface area contributed by atoms with Crippen LogP contribution in [0.5, 0.6) is 0 Å². The number of nitrogens with two attached hydrogens (primary N) is 1. The highest BCUT2D eigenvalue weighted by molar-refractivity contribution is 7.89. The highest BCUT2D eigenvalue weighted by Crippen LogP contribution is 2.34. The van der Waals surface area contributed by atoms with Crippen LogP contribution in [-0.2, 0) is 10.0 Å². The van der Waals surface area contributed by atoms with Crippen LogP contribution in [0.25, 0.3) is 28.2 Å². The number of nitrogens with zero attached hydrogens (tertiary/aromatic N) is 6. The summed E-state index contributed by atoms with van der Waals surface area (Å²) < 4.78 is 29.2. The van der Waals surface area contributed by atoms with E-state index in [1.54, 1.807) is 33.1 Å². The van der Waals surface area contributed by atoms with Gasteiger partial charge in [0.1, 0.15) is 0 Å². The van der Waals surface area contributed by atoms with Crippen LogP contribution >= 0.6 is 0 Å². The monoisotopic (exact) mass is 537 g/mol. The molecule has 9 nitrogen and oxygen atoms in total. The molecule has 3 heterocycles. The summed E-state index contributed by atoms with van der Waals surface area (Å²) in [6.07, 6.45) is 2.84. The first-order valence-corrected chi connectivity index (χ1v) is 14.3. The summed E-state index contributed by atoms with van der Waals surface area (Å²) in [4.78, 5) is 5.10. The molecular formula is C29H27N7O2S. The zero-order chi connectivity index (χ0) is 26.8. The molecule has 0 atom stereocenters. The third-order valence-corrected chi connectivity index (χ3v) is 8.70. The molecule has 0 aliphatic carbocycles. The molecule has 5 aromatic rings. The lowest BCUT2D eigenvalue weighted by atomic mass is 10.1. The highest BCUT2D eigenvalue weighted by atomic mass is 32.2. The average Bonchev–Trinajstić information content (AvgIpc) is 3.31. The van der Waals surface area contributed by atoms with E-state index in [1.807, 2.05) is 66.7 Å². The van der Waals surface area contributed by atoms with Gasteiger partial charge in [0, 0.05) is 24.2 Å². The summed E-state index contributed by atoms with van der Waals surface area (Å²) in [7, 11) is -3.52. The van der Waals surface area contributed by atoms with Crippen molar-refractivity contribution in [3.8, 4) is 22.5 Å². The number of aromatic nitrogens is 3. The van der Waals surface area contributed by atoms with Crippen LogP contribution in [0.3, 0.4) is 0 Å². The second kappa shape index (κ2) is 10.4. The van der Waals surface area contributed by atoms with Crippen molar-refractivity contribution in [1.29, 1.82) is 0 Å². The van der Waals surface area contributed by atoms with Gasteiger partial charge in [0.2, 0.25) is 10.0 Å². The SMILES string of the molecule is Nc1nn2c(-c3ccccc3)cc(-c3ccccc3)nc2c1N=Nc1ccc(S(=O)(=O)N2CCCCC2)cc1. The van der Waals surface area contributed by atoms with Crippen LogP contribution in [0.4, 0.5) is 17.2 Å². The van der Waals surface area contributed by atoms with E-state index in [-0.39, 0.29) is 10.7 Å². The summed E-state index contributed by atoms with van der Waals surface area (Å²) in [5.74, 6) is 0.193. The molecule has 0 radical (unpaired) electrons. The number of hydrogen-bond donors (Lipinski definition) is 1. The van der Waals surface area contributed by atoms with Gasteiger partial charge in [-0.15, -0.1) is 10.2 Å². The fourth-order valence-electron chi connectivity index (χ4n) is 4.74. The fraction of sp³-hybridized carbons (Fsp3) is 0.172. The van der Waals surface area contributed by atoms with E-state index in [0.29, 0.717) is 30.1 Å². The van der Waals surface area contributed by atoms with Crippen LogP contribution < -0.4 is 5.73 Å². The standard InChI is InChI=1S/C29H27N7O2S/c30-28-27(33-32-23-14-16-24(17-15-23)39(37,38)35-18-8-3-9-19-35)29-31-25(21-10-4-1-5-11-21)20-26(36(29)34-28)22-12-6-2-7-13-22/h1-2,4-7,10-17,20H,3,8-9,18-19H2,(H2,30,34). The fourth-order valence-corrected chi connectivity index (χ4v) is 6.25. The molecule has 6 rings (SSSR count). The number of nitrogen functional groups attached to an aromatic ring is 1. The van der Waals surface area contributed by atoms with Crippen molar-refractivity contribution < 1.29 is 8.42 Å². The quantitative estimate of drug-likeness (QED) is 0.257. The minimum absolute atomic E-state index is 0.193. The zero-order valence-corrected chi connectivity index (χ0v) is 22.0. The third-order valence-electron chi connectivity index (χ3n) is 6.78. The number of anilines is 1. The van der Waals surface area contributed by atoms with Gasteiger partial charge in [-0.2, -0.15) is 9.42 Å². The molecule has 39 heavy (non-hydrogen) atoms. The van der Waals surface area contributed by atoms with Gasteiger partial charge >= 0.3 is 0 Å². The number of benzene rings is 3. The molecule has 10 heteroatoms. The number of fused-ring (bicyclic) bond motifs is 1. The number of hydrogen-bond acceptors (Lipinski definition) is 7. The maximum absolute atomic E-state index is 13.0. The Morgan fingerprint density at radius 2 is 1.41 bits per heavy atom. The Morgan fingerprint density at radius 1 is 0.769 bits per heavy atom. The Kier molecular flexibility index (Phi) is 6.64. The van der Waals surface area contributed by atoms with E-state index in [4.69, 9.17) is 10.7 Å². The summed E-state index contributed by atoms with van der Waals surface area (Å²) in [6.45, 7) is 1.11. The molecule has 1 saturated heterocycles. The maximum Gasteiger partial charge on any atom is 0.243 e. The number of azo groups is 1. The highest BCUT2D eigenvalue weighted by Gasteiger charge is 2.25. The first-order valence-electron chi connectivity index (χ1n) is 12.8. The van der Waals surface area contributed by atoms with Crippen LogP contribution in [0.1, 0.15) is 19.3 Å². The largest absolute Gasteiger partial charge is 0.380 e. The molecular weight excluding hydrogens is 510 g/mol. The number of piperidine rings is 1. The smallest absolute Gasteiger partial charge is 0.243 e. The zero-order valence-electron chi connectivity index (χ0n) is 21.2. The van der Waals surface area contributed by atoms with Crippen LogP contribution in [0, 0.1) is 0 Å². The number of rotatable bonds is 6. The van der Waals surface area contributed by atoms with E-state index >= 15 is 0 Å². The van der Waals surface area contributed by atoms with E-state index in [9.17, 15) is 8.42 Å². The number of sulfonamides is 1. The van der Waals surface area contributed by atoms with Crippen molar-refractivity contribution >= 4 is 32.9 Å². The molecule has 1 aliphatic heterocycles. The lowest BCUT2D eigenvalue weighted by Crippen LogP contribution is -2.35.